The van der Waals surface area contributed by atoms with Crippen LogP contribution in [0.25, 0.3) is 0 Å². The summed E-state index contributed by atoms with van der Waals surface area (Å²) in [6, 6.07) is 9.15. The summed E-state index contributed by atoms with van der Waals surface area (Å²) < 4.78 is 5.38. The SMILES string of the molecule is CCOc1ccc(C(=O)Nc2cnc3c(c2)CN(C)CC3)cc1.Cl. The lowest BCUT2D eigenvalue weighted by Crippen LogP contribution is -2.27. The molecule has 0 spiro atoms. The number of anilines is 1. The molecule has 0 saturated heterocycles. The second kappa shape index (κ2) is 8.13. The Morgan fingerprint density at radius 2 is 2.08 bits per heavy atom. The Morgan fingerprint density at radius 1 is 1.33 bits per heavy atom. The lowest BCUT2D eigenvalue weighted by Gasteiger charge is -2.24. The van der Waals surface area contributed by atoms with Crippen LogP contribution in [0.4, 0.5) is 5.69 Å². The highest BCUT2D eigenvalue weighted by molar-refractivity contribution is 6.04. The van der Waals surface area contributed by atoms with Crippen molar-refractivity contribution in [2.24, 2.45) is 0 Å². The summed E-state index contributed by atoms with van der Waals surface area (Å²) in [7, 11) is 2.09. The number of hydrogen-bond acceptors (Lipinski definition) is 4. The number of carbonyl (C=O) groups is 1. The first-order chi connectivity index (χ1) is 11.2. The van der Waals surface area contributed by atoms with Gasteiger partial charge in [-0.1, -0.05) is 0 Å². The van der Waals surface area contributed by atoms with E-state index < -0.39 is 0 Å². The van der Waals surface area contributed by atoms with Gasteiger partial charge in [-0.2, -0.15) is 0 Å². The van der Waals surface area contributed by atoms with Crippen molar-refractivity contribution in [1.82, 2.24) is 9.88 Å². The van der Waals surface area contributed by atoms with E-state index in [1.165, 1.54) is 5.56 Å². The Balaban J connectivity index is 0.00000208. The molecule has 0 fully saturated rings. The predicted octanol–water partition coefficient (Wildman–Crippen LogP) is 3.14. The van der Waals surface area contributed by atoms with Gasteiger partial charge >= 0.3 is 0 Å². The van der Waals surface area contributed by atoms with Crippen molar-refractivity contribution in [3.63, 3.8) is 0 Å². The van der Waals surface area contributed by atoms with E-state index in [-0.39, 0.29) is 18.3 Å². The lowest BCUT2D eigenvalue weighted by atomic mass is 10.1. The maximum atomic E-state index is 12.3. The van der Waals surface area contributed by atoms with Gasteiger partial charge in [0.1, 0.15) is 5.75 Å². The van der Waals surface area contributed by atoms with E-state index in [0.29, 0.717) is 12.2 Å². The fraction of sp³-hybridized carbons (Fsp3) is 0.333. The van der Waals surface area contributed by atoms with Gasteiger partial charge in [0.15, 0.2) is 0 Å². The third kappa shape index (κ3) is 4.24. The fourth-order valence-electron chi connectivity index (χ4n) is 2.71. The number of halogens is 1. The molecule has 0 aliphatic carbocycles. The first kappa shape index (κ1) is 18.2. The molecule has 0 radical (unpaired) electrons. The maximum Gasteiger partial charge on any atom is 0.255 e. The summed E-state index contributed by atoms with van der Waals surface area (Å²) in [5, 5.41) is 2.91. The summed E-state index contributed by atoms with van der Waals surface area (Å²) in [5.74, 6) is 0.626. The molecule has 0 atom stereocenters. The number of amides is 1. The molecular weight excluding hydrogens is 326 g/mol. The van der Waals surface area contributed by atoms with Gasteiger partial charge in [-0.3, -0.25) is 9.78 Å². The molecule has 0 bridgehead atoms. The van der Waals surface area contributed by atoms with Crippen molar-refractivity contribution in [1.29, 1.82) is 0 Å². The monoisotopic (exact) mass is 347 g/mol. The number of rotatable bonds is 4. The Morgan fingerprint density at radius 3 is 2.79 bits per heavy atom. The fourth-order valence-corrected chi connectivity index (χ4v) is 2.71. The number of nitrogens with one attached hydrogen (secondary N) is 1. The Kier molecular flexibility index (Phi) is 6.17. The highest BCUT2D eigenvalue weighted by atomic mass is 35.5. The molecule has 24 heavy (non-hydrogen) atoms. The van der Waals surface area contributed by atoms with E-state index in [9.17, 15) is 4.79 Å². The number of benzene rings is 1. The minimum Gasteiger partial charge on any atom is -0.494 e. The topological polar surface area (TPSA) is 54.5 Å². The number of likely N-dealkylation sites (N-methyl/N-ethyl adjacent to an activating group) is 1. The van der Waals surface area contributed by atoms with Crippen LogP contribution in [0.3, 0.4) is 0 Å². The average molecular weight is 348 g/mol. The first-order valence-electron chi connectivity index (χ1n) is 7.86. The van der Waals surface area contributed by atoms with Crippen LogP contribution in [-0.2, 0) is 13.0 Å². The van der Waals surface area contributed by atoms with E-state index in [1.54, 1.807) is 30.5 Å². The Labute approximate surface area is 148 Å². The maximum absolute atomic E-state index is 12.3. The third-order valence-corrected chi connectivity index (χ3v) is 3.92. The number of hydrogen-bond donors (Lipinski definition) is 1. The van der Waals surface area contributed by atoms with E-state index in [1.807, 2.05) is 13.0 Å². The number of ether oxygens (including phenoxy) is 1. The molecule has 3 rings (SSSR count). The van der Waals surface area contributed by atoms with Crippen molar-refractivity contribution < 1.29 is 9.53 Å². The van der Waals surface area contributed by atoms with Crippen molar-refractivity contribution in [2.75, 3.05) is 25.5 Å². The average Bonchev–Trinajstić information content (AvgIpc) is 2.55. The number of aromatic nitrogens is 1. The number of pyridine rings is 1. The number of carbonyl (C=O) groups excluding carboxylic acids is 1. The van der Waals surface area contributed by atoms with Gasteiger partial charge < -0.3 is 15.0 Å². The van der Waals surface area contributed by atoms with Crippen molar-refractivity contribution >= 4 is 24.0 Å². The Bertz CT molecular complexity index is 704. The highest BCUT2D eigenvalue weighted by Gasteiger charge is 2.15. The van der Waals surface area contributed by atoms with Gasteiger partial charge in [-0.15, -0.1) is 12.4 Å². The molecule has 1 aromatic heterocycles. The van der Waals surface area contributed by atoms with Crippen molar-refractivity contribution in [2.45, 2.75) is 19.9 Å². The normalized spacial score (nSPS) is 13.6. The highest BCUT2D eigenvalue weighted by Crippen LogP contribution is 2.20. The van der Waals surface area contributed by atoms with E-state index in [0.717, 1.165) is 36.6 Å². The molecule has 1 N–H and O–H groups in total. The van der Waals surface area contributed by atoms with Crippen LogP contribution in [0.2, 0.25) is 0 Å². The molecule has 0 unspecified atom stereocenters. The van der Waals surface area contributed by atoms with Crippen molar-refractivity contribution in [3.8, 4) is 5.75 Å². The van der Waals surface area contributed by atoms with Crippen LogP contribution in [0.1, 0.15) is 28.5 Å². The van der Waals surface area contributed by atoms with Gasteiger partial charge in [0.05, 0.1) is 18.5 Å². The van der Waals surface area contributed by atoms with Gasteiger partial charge in [-0.05, 0) is 49.9 Å². The number of nitrogens with zero attached hydrogens (tertiary/aromatic N) is 2. The molecule has 1 aromatic carbocycles. The largest absolute Gasteiger partial charge is 0.494 e. The van der Waals surface area contributed by atoms with Crippen LogP contribution < -0.4 is 10.1 Å². The van der Waals surface area contributed by atoms with Crippen molar-refractivity contribution in [3.05, 3.63) is 53.3 Å². The third-order valence-electron chi connectivity index (χ3n) is 3.92. The van der Waals surface area contributed by atoms with Crippen LogP contribution in [0, 0.1) is 0 Å². The zero-order valence-corrected chi connectivity index (χ0v) is 14.7. The van der Waals surface area contributed by atoms with E-state index in [4.69, 9.17) is 4.74 Å². The smallest absolute Gasteiger partial charge is 0.255 e. The predicted molar refractivity (Wildman–Crippen MR) is 97.1 cm³/mol. The minimum atomic E-state index is -0.140. The second-order valence-corrected chi connectivity index (χ2v) is 5.73. The van der Waals surface area contributed by atoms with Gasteiger partial charge in [0.25, 0.3) is 5.91 Å². The van der Waals surface area contributed by atoms with Crippen LogP contribution >= 0.6 is 12.4 Å². The molecular formula is C18H22ClN3O2. The summed E-state index contributed by atoms with van der Waals surface area (Å²) >= 11 is 0. The van der Waals surface area contributed by atoms with Crippen LogP contribution in [0.5, 0.6) is 5.75 Å². The zero-order valence-electron chi connectivity index (χ0n) is 13.9. The minimum absolute atomic E-state index is 0. The standard InChI is InChI=1S/C18H21N3O2.ClH/c1-3-23-16-6-4-13(5-7-16)18(22)20-15-10-14-12-21(2)9-8-17(14)19-11-15;/h4-7,10-11H,3,8-9,12H2,1-2H3,(H,20,22);1H. The summed E-state index contributed by atoms with van der Waals surface area (Å²) in [5.41, 5.74) is 3.65. The van der Waals surface area contributed by atoms with Crippen LogP contribution in [0.15, 0.2) is 36.5 Å². The quantitative estimate of drug-likeness (QED) is 0.923. The molecule has 2 aromatic rings. The van der Waals surface area contributed by atoms with Gasteiger partial charge in [0, 0.05) is 30.8 Å². The molecule has 128 valence electrons. The molecule has 1 amide bonds. The first-order valence-corrected chi connectivity index (χ1v) is 7.86. The van der Waals surface area contributed by atoms with Gasteiger partial charge in [-0.25, -0.2) is 0 Å². The molecule has 2 heterocycles. The summed E-state index contributed by atoms with van der Waals surface area (Å²) in [6.07, 6.45) is 2.69. The zero-order chi connectivity index (χ0) is 16.2. The summed E-state index contributed by atoms with van der Waals surface area (Å²) in [4.78, 5) is 19.1. The van der Waals surface area contributed by atoms with Gasteiger partial charge in [0.2, 0.25) is 0 Å². The molecule has 0 saturated carbocycles. The summed E-state index contributed by atoms with van der Waals surface area (Å²) in [6.45, 7) is 4.44. The Hall–Kier alpha value is -2.11. The molecule has 1 aliphatic rings. The molecule has 1 aliphatic heterocycles. The number of fused-ring (bicyclic) bond motifs is 1. The molecule has 6 heteroatoms. The lowest BCUT2D eigenvalue weighted by molar-refractivity contribution is 0.102. The molecule has 5 nitrogen and oxygen atoms in total. The van der Waals surface area contributed by atoms with Crippen LogP contribution in [-0.4, -0.2) is 36.0 Å². The second-order valence-electron chi connectivity index (χ2n) is 5.73. The van der Waals surface area contributed by atoms with E-state index in [2.05, 4.69) is 22.2 Å². The van der Waals surface area contributed by atoms with E-state index >= 15 is 0 Å².